The van der Waals surface area contributed by atoms with E-state index < -0.39 is 0 Å². The van der Waals surface area contributed by atoms with Crippen molar-refractivity contribution in [3.05, 3.63) is 35.4 Å². The largest absolute Gasteiger partial charge is 0.385 e. The molecule has 1 aromatic rings. The van der Waals surface area contributed by atoms with E-state index in [0.717, 1.165) is 69.1 Å². The number of nitrogens with zero attached hydrogens (tertiary/aromatic N) is 2. The number of carbonyl (C=O) groups is 1. The lowest BCUT2D eigenvalue weighted by molar-refractivity contribution is 0.0723. The van der Waals surface area contributed by atoms with Gasteiger partial charge in [-0.2, -0.15) is 0 Å². The fraction of sp³-hybridized carbons (Fsp3) is 0.667. The zero-order valence-corrected chi connectivity index (χ0v) is 21.5. The third kappa shape index (κ3) is 7.63. The SMILES string of the molecule is CCNC(=NCc1ccc(C(=O)N2CCCCC2)cc1)NCC1(CCOC)CCC1.I. The molecule has 0 bridgehead atoms. The molecule has 0 aromatic heterocycles. The minimum Gasteiger partial charge on any atom is -0.385 e. The van der Waals surface area contributed by atoms with Crippen LogP contribution in [-0.2, 0) is 11.3 Å². The van der Waals surface area contributed by atoms with Gasteiger partial charge in [0.05, 0.1) is 6.54 Å². The van der Waals surface area contributed by atoms with Crippen molar-refractivity contribution in [3.8, 4) is 0 Å². The van der Waals surface area contributed by atoms with Crippen molar-refractivity contribution in [1.29, 1.82) is 0 Å². The molecule has 1 aliphatic carbocycles. The quantitative estimate of drug-likeness (QED) is 0.279. The van der Waals surface area contributed by atoms with Crippen LogP contribution in [0.1, 0.15) is 67.8 Å². The number of halogens is 1. The molecule has 0 unspecified atom stereocenters. The van der Waals surface area contributed by atoms with Gasteiger partial charge >= 0.3 is 0 Å². The predicted octanol–water partition coefficient (Wildman–Crippen LogP) is 4.19. The van der Waals surface area contributed by atoms with Crippen LogP contribution in [-0.4, -0.2) is 56.7 Å². The number of hydrogen-bond acceptors (Lipinski definition) is 3. The maximum absolute atomic E-state index is 12.6. The third-order valence-corrected chi connectivity index (χ3v) is 6.49. The Morgan fingerprint density at radius 3 is 2.39 bits per heavy atom. The number of amides is 1. The van der Waals surface area contributed by atoms with Crippen LogP contribution in [0.5, 0.6) is 0 Å². The van der Waals surface area contributed by atoms with Crippen molar-refractivity contribution in [3.63, 3.8) is 0 Å². The van der Waals surface area contributed by atoms with Crippen molar-refractivity contribution >= 4 is 35.8 Å². The first-order valence-corrected chi connectivity index (χ1v) is 11.6. The Hall–Kier alpha value is -1.35. The van der Waals surface area contributed by atoms with Crippen LogP contribution in [0.15, 0.2) is 29.3 Å². The molecule has 7 heteroatoms. The van der Waals surface area contributed by atoms with E-state index in [2.05, 4.69) is 17.6 Å². The highest BCUT2D eigenvalue weighted by Gasteiger charge is 2.36. The fourth-order valence-corrected chi connectivity index (χ4v) is 4.33. The molecule has 1 aromatic carbocycles. The number of ether oxygens (including phenoxy) is 1. The molecule has 1 amide bonds. The van der Waals surface area contributed by atoms with Gasteiger partial charge in [0.1, 0.15) is 0 Å². The number of methoxy groups -OCH3 is 1. The summed E-state index contributed by atoms with van der Waals surface area (Å²) in [7, 11) is 1.77. The number of aliphatic imine (C=N–C) groups is 1. The molecule has 1 saturated heterocycles. The summed E-state index contributed by atoms with van der Waals surface area (Å²) in [6.07, 6.45) is 8.39. The monoisotopic (exact) mass is 542 g/mol. The van der Waals surface area contributed by atoms with Crippen molar-refractivity contribution in [1.82, 2.24) is 15.5 Å². The lowest BCUT2D eigenvalue weighted by Crippen LogP contribution is -2.46. The van der Waals surface area contributed by atoms with Gasteiger partial charge in [0, 0.05) is 45.5 Å². The summed E-state index contributed by atoms with van der Waals surface area (Å²) in [6.45, 7) is 7.03. The first-order valence-electron chi connectivity index (χ1n) is 11.6. The number of hydrogen-bond donors (Lipinski definition) is 2. The Bertz CT molecular complexity index is 698. The van der Waals surface area contributed by atoms with Crippen LogP contribution in [0.25, 0.3) is 0 Å². The van der Waals surface area contributed by atoms with E-state index in [1.807, 2.05) is 29.2 Å². The van der Waals surface area contributed by atoms with E-state index >= 15 is 0 Å². The molecule has 174 valence electrons. The Labute approximate surface area is 204 Å². The van der Waals surface area contributed by atoms with Crippen LogP contribution in [0.4, 0.5) is 0 Å². The minimum atomic E-state index is 0. The first-order chi connectivity index (χ1) is 14.7. The van der Waals surface area contributed by atoms with Gasteiger partial charge in [0.25, 0.3) is 5.91 Å². The lowest BCUT2D eigenvalue weighted by Gasteiger charge is -2.42. The number of piperidine rings is 1. The van der Waals surface area contributed by atoms with Gasteiger partial charge in [-0.1, -0.05) is 18.6 Å². The molecule has 0 radical (unpaired) electrons. The average molecular weight is 543 g/mol. The summed E-state index contributed by atoms with van der Waals surface area (Å²) in [5.41, 5.74) is 2.24. The molecular formula is C24H39IN4O2. The number of guanidine groups is 1. The van der Waals surface area contributed by atoms with E-state index in [9.17, 15) is 4.79 Å². The first kappa shape index (κ1) is 25.9. The molecule has 0 spiro atoms. The summed E-state index contributed by atoms with van der Waals surface area (Å²) in [5, 5.41) is 6.89. The minimum absolute atomic E-state index is 0. The summed E-state index contributed by atoms with van der Waals surface area (Å²) in [4.78, 5) is 19.4. The molecule has 1 heterocycles. The van der Waals surface area contributed by atoms with E-state index in [-0.39, 0.29) is 29.9 Å². The van der Waals surface area contributed by atoms with Crippen LogP contribution < -0.4 is 10.6 Å². The maximum Gasteiger partial charge on any atom is 0.253 e. The van der Waals surface area contributed by atoms with Crippen molar-refractivity contribution in [2.75, 3.05) is 39.9 Å². The molecule has 2 N–H and O–H groups in total. The maximum atomic E-state index is 12.6. The van der Waals surface area contributed by atoms with E-state index in [1.54, 1.807) is 7.11 Å². The molecule has 1 saturated carbocycles. The molecule has 0 atom stereocenters. The number of benzene rings is 1. The van der Waals surface area contributed by atoms with Crippen LogP contribution in [0.2, 0.25) is 0 Å². The molecule has 31 heavy (non-hydrogen) atoms. The smallest absolute Gasteiger partial charge is 0.253 e. The Morgan fingerprint density at radius 2 is 1.81 bits per heavy atom. The van der Waals surface area contributed by atoms with Crippen LogP contribution in [0, 0.1) is 5.41 Å². The number of rotatable bonds is 9. The van der Waals surface area contributed by atoms with Gasteiger partial charge in [-0.25, -0.2) is 4.99 Å². The van der Waals surface area contributed by atoms with Gasteiger partial charge in [-0.15, -0.1) is 24.0 Å². The van der Waals surface area contributed by atoms with E-state index in [1.165, 1.54) is 25.7 Å². The molecular weight excluding hydrogens is 503 g/mol. The van der Waals surface area contributed by atoms with Gasteiger partial charge in [-0.3, -0.25) is 4.79 Å². The van der Waals surface area contributed by atoms with Crippen molar-refractivity contribution < 1.29 is 9.53 Å². The number of nitrogens with one attached hydrogen (secondary N) is 2. The van der Waals surface area contributed by atoms with Gasteiger partial charge in [0.15, 0.2) is 5.96 Å². The summed E-state index contributed by atoms with van der Waals surface area (Å²) >= 11 is 0. The molecule has 2 fully saturated rings. The second-order valence-electron chi connectivity index (χ2n) is 8.69. The highest BCUT2D eigenvalue weighted by atomic mass is 127. The lowest BCUT2D eigenvalue weighted by atomic mass is 9.67. The van der Waals surface area contributed by atoms with Crippen molar-refractivity contribution in [2.24, 2.45) is 10.4 Å². The predicted molar refractivity (Wildman–Crippen MR) is 137 cm³/mol. The summed E-state index contributed by atoms with van der Waals surface area (Å²) < 4.78 is 5.30. The topological polar surface area (TPSA) is 66.0 Å². The third-order valence-electron chi connectivity index (χ3n) is 6.49. The Morgan fingerprint density at radius 1 is 1.10 bits per heavy atom. The number of likely N-dealkylation sites (tertiary alicyclic amines) is 1. The second-order valence-corrected chi connectivity index (χ2v) is 8.69. The Balaban J connectivity index is 0.00000341. The van der Waals surface area contributed by atoms with Crippen LogP contribution in [0.3, 0.4) is 0 Å². The highest BCUT2D eigenvalue weighted by Crippen LogP contribution is 2.43. The molecule has 3 rings (SSSR count). The Kier molecular flexibility index (Phi) is 11.1. The fourth-order valence-electron chi connectivity index (χ4n) is 4.33. The van der Waals surface area contributed by atoms with Gasteiger partial charge < -0.3 is 20.3 Å². The average Bonchev–Trinajstić information content (AvgIpc) is 2.77. The normalized spacial score (nSPS) is 18.0. The van der Waals surface area contributed by atoms with E-state index in [4.69, 9.17) is 9.73 Å². The standard InChI is InChI=1S/C24H38N4O2.HI/c1-3-25-23(27-19-24(12-7-13-24)14-17-30-2)26-18-20-8-10-21(11-9-20)22(29)28-15-5-4-6-16-28;/h8-11H,3-7,12-19H2,1-2H3,(H2,25,26,27);1H. The van der Waals surface area contributed by atoms with Crippen LogP contribution >= 0.6 is 24.0 Å². The summed E-state index contributed by atoms with van der Waals surface area (Å²) in [5.74, 6) is 1.01. The van der Waals surface area contributed by atoms with E-state index in [0.29, 0.717) is 12.0 Å². The second kappa shape index (κ2) is 13.3. The summed E-state index contributed by atoms with van der Waals surface area (Å²) in [6, 6.07) is 7.93. The number of carbonyl (C=O) groups excluding carboxylic acids is 1. The zero-order valence-electron chi connectivity index (χ0n) is 19.1. The van der Waals surface area contributed by atoms with Crippen molar-refractivity contribution in [2.45, 2.75) is 58.4 Å². The van der Waals surface area contributed by atoms with Gasteiger partial charge in [-0.05, 0) is 68.6 Å². The molecule has 6 nitrogen and oxygen atoms in total. The van der Waals surface area contributed by atoms with Gasteiger partial charge in [0.2, 0.25) is 0 Å². The zero-order chi connectivity index (χ0) is 21.2. The highest BCUT2D eigenvalue weighted by molar-refractivity contribution is 14.0. The molecule has 2 aliphatic rings. The molecule has 1 aliphatic heterocycles.